The number of nitrogens with one attached hydrogen (secondary N) is 1. The van der Waals surface area contributed by atoms with Gasteiger partial charge in [-0.1, -0.05) is 12.1 Å². The molecule has 1 aliphatic rings. The predicted molar refractivity (Wildman–Crippen MR) is 101 cm³/mol. The van der Waals surface area contributed by atoms with E-state index >= 15 is 0 Å². The lowest BCUT2D eigenvalue weighted by Gasteiger charge is -2.27. The Hall–Kier alpha value is -2.41. The van der Waals surface area contributed by atoms with E-state index in [0.29, 0.717) is 5.82 Å². The number of piperidine rings is 1. The largest absolute Gasteiger partial charge is 0.392 e. The Morgan fingerprint density at radius 3 is 2.73 bits per heavy atom. The summed E-state index contributed by atoms with van der Waals surface area (Å²) in [5.74, 6) is 0.297. The SMILES string of the molecule is CC(O)CNC(=O)CCn1c(=O)c(N2CCCCC2)nc2ccccc21. The molecule has 2 heterocycles. The third-order valence-electron chi connectivity index (χ3n) is 4.65. The van der Waals surface area contributed by atoms with E-state index in [-0.39, 0.29) is 31.0 Å². The van der Waals surface area contributed by atoms with E-state index in [2.05, 4.69) is 15.2 Å². The van der Waals surface area contributed by atoms with E-state index in [1.165, 1.54) is 6.42 Å². The van der Waals surface area contributed by atoms with Crippen molar-refractivity contribution in [1.29, 1.82) is 0 Å². The smallest absolute Gasteiger partial charge is 0.294 e. The van der Waals surface area contributed by atoms with E-state index in [1.807, 2.05) is 24.3 Å². The Bertz CT molecular complexity index is 825. The summed E-state index contributed by atoms with van der Waals surface area (Å²) in [6.45, 7) is 3.80. The molecule has 1 aliphatic heterocycles. The Morgan fingerprint density at radius 1 is 1.27 bits per heavy atom. The zero-order valence-electron chi connectivity index (χ0n) is 15.1. The molecule has 26 heavy (non-hydrogen) atoms. The predicted octanol–water partition coefficient (Wildman–Crippen LogP) is 1.27. The molecule has 1 aromatic heterocycles. The van der Waals surface area contributed by atoms with Crippen molar-refractivity contribution in [3.63, 3.8) is 0 Å². The topological polar surface area (TPSA) is 87.5 Å². The molecule has 1 aromatic carbocycles. The second kappa shape index (κ2) is 8.31. The van der Waals surface area contributed by atoms with Gasteiger partial charge in [-0.25, -0.2) is 4.98 Å². The molecule has 2 N–H and O–H groups in total. The highest BCUT2D eigenvalue weighted by molar-refractivity contribution is 5.78. The summed E-state index contributed by atoms with van der Waals surface area (Å²) in [6, 6.07) is 7.52. The number of carbonyl (C=O) groups is 1. The number of para-hydroxylation sites is 2. The number of aliphatic hydroxyl groups is 1. The molecule has 1 saturated heterocycles. The summed E-state index contributed by atoms with van der Waals surface area (Å²) in [6.07, 6.45) is 2.90. The lowest BCUT2D eigenvalue weighted by atomic mass is 10.1. The summed E-state index contributed by atoms with van der Waals surface area (Å²) >= 11 is 0. The van der Waals surface area contributed by atoms with Crippen LogP contribution in [0.4, 0.5) is 5.82 Å². The van der Waals surface area contributed by atoms with Gasteiger partial charge >= 0.3 is 0 Å². The normalized spacial score (nSPS) is 15.8. The second-order valence-corrected chi connectivity index (χ2v) is 6.83. The van der Waals surface area contributed by atoms with Crippen LogP contribution in [0.3, 0.4) is 0 Å². The molecule has 3 rings (SSSR count). The van der Waals surface area contributed by atoms with E-state index in [9.17, 15) is 14.7 Å². The maximum Gasteiger partial charge on any atom is 0.294 e. The number of fused-ring (bicyclic) bond motifs is 1. The van der Waals surface area contributed by atoms with Crippen LogP contribution >= 0.6 is 0 Å². The van der Waals surface area contributed by atoms with Gasteiger partial charge in [0.1, 0.15) is 0 Å². The van der Waals surface area contributed by atoms with Gasteiger partial charge in [0.2, 0.25) is 5.91 Å². The third kappa shape index (κ3) is 4.22. The highest BCUT2D eigenvalue weighted by Gasteiger charge is 2.19. The monoisotopic (exact) mass is 358 g/mol. The summed E-state index contributed by atoms with van der Waals surface area (Å²) in [5, 5.41) is 11.9. The number of benzene rings is 1. The van der Waals surface area contributed by atoms with Gasteiger partial charge < -0.3 is 19.9 Å². The molecule has 0 saturated carbocycles. The number of hydrogen-bond acceptors (Lipinski definition) is 5. The minimum atomic E-state index is -0.589. The zero-order valence-corrected chi connectivity index (χ0v) is 15.1. The van der Waals surface area contributed by atoms with E-state index < -0.39 is 6.10 Å². The molecular weight excluding hydrogens is 332 g/mol. The van der Waals surface area contributed by atoms with E-state index in [1.54, 1.807) is 11.5 Å². The first-order chi connectivity index (χ1) is 12.6. The van der Waals surface area contributed by atoms with Crippen LogP contribution in [0.1, 0.15) is 32.6 Å². The van der Waals surface area contributed by atoms with Crippen molar-refractivity contribution in [1.82, 2.24) is 14.9 Å². The standard InChI is InChI=1S/C19H26N4O3/c1-14(24)13-20-17(25)9-12-23-16-8-4-3-7-15(16)21-18(19(23)26)22-10-5-2-6-11-22/h3-4,7-8,14,24H,2,5-6,9-13H2,1H3,(H,20,25). The van der Waals surface area contributed by atoms with Gasteiger partial charge in [-0.3, -0.25) is 9.59 Å². The number of rotatable bonds is 6. The van der Waals surface area contributed by atoms with Crippen molar-refractivity contribution < 1.29 is 9.90 Å². The fourth-order valence-electron chi connectivity index (χ4n) is 3.28. The molecule has 1 atom stereocenters. The zero-order chi connectivity index (χ0) is 18.5. The van der Waals surface area contributed by atoms with Crippen molar-refractivity contribution in [3.05, 3.63) is 34.6 Å². The minimum Gasteiger partial charge on any atom is -0.392 e. The van der Waals surface area contributed by atoms with E-state index in [4.69, 9.17) is 0 Å². The third-order valence-corrected chi connectivity index (χ3v) is 4.65. The first kappa shape index (κ1) is 18.4. The molecule has 0 bridgehead atoms. The molecule has 7 nitrogen and oxygen atoms in total. The Labute approximate surface area is 152 Å². The summed E-state index contributed by atoms with van der Waals surface area (Å²) < 4.78 is 1.65. The number of carbonyl (C=O) groups excluding carboxylic acids is 1. The van der Waals surface area contributed by atoms with Gasteiger partial charge in [0.05, 0.1) is 17.1 Å². The van der Waals surface area contributed by atoms with E-state index in [0.717, 1.165) is 37.0 Å². The molecular formula is C19H26N4O3. The Balaban J connectivity index is 1.88. The van der Waals surface area contributed by atoms with Gasteiger partial charge in [0, 0.05) is 32.6 Å². The van der Waals surface area contributed by atoms with Crippen LogP contribution < -0.4 is 15.8 Å². The molecule has 0 spiro atoms. The van der Waals surface area contributed by atoms with Crippen LogP contribution in [0, 0.1) is 0 Å². The van der Waals surface area contributed by atoms with Crippen LogP contribution in [-0.4, -0.2) is 46.3 Å². The molecule has 0 radical (unpaired) electrons. The quantitative estimate of drug-likeness (QED) is 0.812. The molecule has 2 aromatic rings. The van der Waals surface area contributed by atoms with Crippen LogP contribution in [-0.2, 0) is 11.3 Å². The second-order valence-electron chi connectivity index (χ2n) is 6.83. The minimum absolute atomic E-state index is 0.145. The first-order valence-corrected chi connectivity index (χ1v) is 9.25. The van der Waals surface area contributed by atoms with Crippen LogP contribution in [0.15, 0.2) is 29.1 Å². The Morgan fingerprint density at radius 2 is 2.00 bits per heavy atom. The average molecular weight is 358 g/mol. The highest BCUT2D eigenvalue weighted by Crippen LogP contribution is 2.18. The number of anilines is 1. The fraction of sp³-hybridized carbons (Fsp3) is 0.526. The van der Waals surface area contributed by atoms with Gasteiger partial charge in [-0.2, -0.15) is 0 Å². The van der Waals surface area contributed by atoms with Crippen molar-refractivity contribution in [2.45, 2.75) is 45.3 Å². The molecule has 1 unspecified atom stereocenters. The van der Waals surface area contributed by atoms with Crippen molar-refractivity contribution in [2.75, 3.05) is 24.5 Å². The molecule has 0 aliphatic carbocycles. The summed E-state index contributed by atoms with van der Waals surface area (Å²) in [5.41, 5.74) is 1.35. The molecule has 140 valence electrons. The van der Waals surface area contributed by atoms with Crippen molar-refractivity contribution in [2.24, 2.45) is 0 Å². The average Bonchev–Trinajstić information content (AvgIpc) is 2.66. The van der Waals surface area contributed by atoms with Gasteiger partial charge in [-0.15, -0.1) is 0 Å². The number of nitrogens with zero attached hydrogens (tertiary/aromatic N) is 3. The number of aliphatic hydroxyl groups excluding tert-OH is 1. The van der Waals surface area contributed by atoms with Crippen LogP contribution in [0.25, 0.3) is 11.0 Å². The molecule has 7 heteroatoms. The Kier molecular flexibility index (Phi) is 5.88. The highest BCUT2D eigenvalue weighted by atomic mass is 16.3. The summed E-state index contributed by atoms with van der Waals surface area (Å²) in [4.78, 5) is 31.7. The number of amides is 1. The maximum absolute atomic E-state index is 13.0. The summed E-state index contributed by atoms with van der Waals surface area (Å²) in [7, 11) is 0. The van der Waals surface area contributed by atoms with Gasteiger partial charge in [0.25, 0.3) is 5.56 Å². The van der Waals surface area contributed by atoms with Gasteiger partial charge in [0.15, 0.2) is 5.82 Å². The van der Waals surface area contributed by atoms with Crippen LogP contribution in [0.5, 0.6) is 0 Å². The van der Waals surface area contributed by atoms with Crippen LogP contribution in [0.2, 0.25) is 0 Å². The molecule has 1 amide bonds. The lowest BCUT2D eigenvalue weighted by molar-refractivity contribution is -0.121. The molecule has 1 fully saturated rings. The van der Waals surface area contributed by atoms with Crippen molar-refractivity contribution in [3.8, 4) is 0 Å². The maximum atomic E-state index is 13.0. The number of hydrogen-bond donors (Lipinski definition) is 2. The van der Waals surface area contributed by atoms with Gasteiger partial charge in [-0.05, 0) is 38.3 Å². The number of aryl methyl sites for hydroxylation is 1. The first-order valence-electron chi connectivity index (χ1n) is 9.25. The number of aromatic nitrogens is 2. The lowest BCUT2D eigenvalue weighted by Crippen LogP contribution is -2.38. The fourth-order valence-corrected chi connectivity index (χ4v) is 3.28. The van der Waals surface area contributed by atoms with Crippen molar-refractivity contribution >= 4 is 22.8 Å².